The Morgan fingerprint density at radius 3 is 2.00 bits per heavy atom. The van der Waals surface area contributed by atoms with Crippen molar-refractivity contribution in [3.63, 3.8) is 0 Å². The van der Waals surface area contributed by atoms with Gasteiger partial charge in [0.1, 0.15) is 4.75 Å². The predicted molar refractivity (Wildman–Crippen MR) is 114 cm³/mol. The molecule has 1 aromatic carbocycles. The van der Waals surface area contributed by atoms with Crippen molar-refractivity contribution in [1.82, 2.24) is 9.29 Å². The van der Waals surface area contributed by atoms with Crippen LogP contribution in [0.3, 0.4) is 0 Å². The Kier molecular flexibility index (Phi) is 7.19. The third-order valence-electron chi connectivity index (χ3n) is 4.37. The third kappa shape index (κ3) is 6.33. The van der Waals surface area contributed by atoms with Gasteiger partial charge in [0, 0.05) is 45.0 Å². The molecule has 0 spiro atoms. The average molecular weight is 535 g/mol. The summed E-state index contributed by atoms with van der Waals surface area (Å²) in [6.07, 6.45) is -8.44. The van der Waals surface area contributed by atoms with E-state index in [1.165, 1.54) is 37.6 Å². The lowest BCUT2D eigenvalue weighted by Crippen LogP contribution is -2.45. The summed E-state index contributed by atoms with van der Waals surface area (Å²) >= 11 is 0.795. The van der Waals surface area contributed by atoms with Crippen LogP contribution in [0, 0.1) is 5.41 Å². The van der Waals surface area contributed by atoms with Gasteiger partial charge in [-0.2, -0.15) is 26.3 Å². The molecule has 1 N–H and O–H groups in total. The van der Waals surface area contributed by atoms with Crippen LogP contribution in [0.2, 0.25) is 0 Å². The van der Waals surface area contributed by atoms with Crippen molar-refractivity contribution < 1.29 is 30.9 Å². The van der Waals surface area contributed by atoms with Crippen molar-refractivity contribution in [2.75, 3.05) is 0 Å². The molecular weight excluding hydrogens is 510 g/mol. The van der Waals surface area contributed by atoms with E-state index in [1.54, 1.807) is 0 Å². The Morgan fingerprint density at radius 1 is 1.03 bits per heavy atom. The highest BCUT2D eigenvalue weighted by atomic mass is 79.9. The predicted octanol–water partition coefficient (Wildman–Crippen LogP) is 7.12. The van der Waals surface area contributed by atoms with E-state index < -0.39 is 45.6 Å². The lowest BCUT2D eigenvalue weighted by Gasteiger charge is -2.29. The number of alkyl halides is 6. The molecule has 0 aliphatic rings. The van der Waals surface area contributed by atoms with Gasteiger partial charge in [-0.1, -0.05) is 36.7 Å². The van der Waals surface area contributed by atoms with Gasteiger partial charge in [0.15, 0.2) is 6.04 Å². The minimum atomic E-state index is -4.88. The summed E-state index contributed by atoms with van der Waals surface area (Å²) in [4.78, 5) is 0. The van der Waals surface area contributed by atoms with Gasteiger partial charge in [-0.15, -0.1) is 4.72 Å². The maximum absolute atomic E-state index is 14.0. The van der Waals surface area contributed by atoms with Crippen LogP contribution < -0.4 is 4.72 Å². The first-order chi connectivity index (χ1) is 13.7. The highest BCUT2D eigenvalue weighted by Gasteiger charge is 2.47. The number of rotatable bonds is 4. The molecule has 0 aliphatic heterocycles. The quantitative estimate of drug-likeness (QED) is 0.335. The molecule has 2 atom stereocenters. The molecule has 2 aromatic rings. The van der Waals surface area contributed by atoms with Crippen LogP contribution in [0.5, 0.6) is 0 Å². The zero-order chi connectivity index (χ0) is 24.2. The Bertz CT molecular complexity index is 941. The van der Waals surface area contributed by atoms with E-state index in [0.29, 0.717) is 6.07 Å². The summed E-state index contributed by atoms with van der Waals surface area (Å²) < 4.78 is 97.2. The zero-order valence-corrected chi connectivity index (χ0v) is 20.3. The molecule has 0 saturated carbocycles. The molecule has 0 amide bonds. The van der Waals surface area contributed by atoms with Crippen LogP contribution in [0.15, 0.2) is 22.8 Å². The van der Waals surface area contributed by atoms with Crippen LogP contribution in [0.4, 0.5) is 26.3 Å². The molecule has 176 valence electrons. The fraction of sp³-hybridized carbons (Fsp3) is 0.600. The van der Waals surface area contributed by atoms with Gasteiger partial charge < -0.3 is 9.12 Å². The molecule has 1 unspecified atom stereocenters. The number of nitrogens with zero attached hydrogens (tertiary/aromatic N) is 1. The first-order valence-corrected chi connectivity index (χ1v) is 11.3. The highest BCUT2D eigenvalue weighted by Crippen LogP contribution is 2.43. The molecule has 3 nitrogen and oxygen atoms in total. The van der Waals surface area contributed by atoms with Gasteiger partial charge in [0.05, 0.1) is 5.56 Å². The standard InChI is InChI=1S/C20H25BrF6N2OS/c1-17(2,3)10-29-9-12(16(20(25,26)27)28-31(30)18(4,5)6)11-7-13(19(22,23)24)14(21)8-15(11)29/h7-9,16,28H,10H2,1-6H3/t16-,31?/m0/s1. The molecule has 1 heterocycles. The van der Waals surface area contributed by atoms with E-state index in [-0.39, 0.29) is 27.3 Å². The maximum atomic E-state index is 14.0. The van der Waals surface area contributed by atoms with E-state index in [9.17, 15) is 30.9 Å². The fourth-order valence-corrected chi connectivity index (χ4v) is 4.40. The molecular formula is C20H25BrF6N2OS. The molecule has 2 rings (SSSR count). The first kappa shape index (κ1) is 26.3. The van der Waals surface area contributed by atoms with Crippen LogP contribution in [-0.2, 0) is 24.1 Å². The van der Waals surface area contributed by atoms with Gasteiger partial charge in [-0.3, -0.25) is 0 Å². The summed E-state index contributed by atoms with van der Waals surface area (Å²) in [6, 6.07) is -0.505. The van der Waals surface area contributed by atoms with Crippen molar-refractivity contribution in [2.24, 2.45) is 5.41 Å². The van der Waals surface area contributed by atoms with Gasteiger partial charge in [0.25, 0.3) is 0 Å². The summed E-state index contributed by atoms with van der Waals surface area (Å²) in [5.41, 5.74) is -1.61. The molecule has 0 bridgehead atoms. The lowest BCUT2D eigenvalue weighted by molar-refractivity contribution is -0.152. The van der Waals surface area contributed by atoms with Crippen molar-refractivity contribution >= 4 is 38.2 Å². The van der Waals surface area contributed by atoms with E-state index in [4.69, 9.17) is 0 Å². The highest BCUT2D eigenvalue weighted by molar-refractivity contribution is 9.10. The second kappa shape index (κ2) is 8.46. The fourth-order valence-electron chi connectivity index (χ4n) is 3.02. The van der Waals surface area contributed by atoms with Crippen LogP contribution in [-0.4, -0.2) is 20.0 Å². The monoisotopic (exact) mass is 534 g/mol. The Balaban J connectivity index is 2.81. The third-order valence-corrected chi connectivity index (χ3v) is 6.59. The van der Waals surface area contributed by atoms with E-state index in [1.807, 2.05) is 20.8 Å². The second-order valence-electron chi connectivity index (χ2n) is 9.59. The van der Waals surface area contributed by atoms with E-state index >= 15 is 0 Å². The van der Waals surface area contributed by atoms with Crippen LogP contribution in [0.1, 0.15) is 58.7 Å². The average Bonchev–Trinajstić information content (AvgIpc) is 2.84. The smallest absolute Gasteiger partial charge is 0.417 e. The number of fused-ring (bicyclic) bond motifs is 1. The molecule has 31 heavy (non-hydrogen) atoms. The number of hydrogen-bond donors (Lipinski definition) is 1. The van der Waals surface area contributed by atoms with Crippen molar-refractivity contribution in [3.05, 3.63) is 33.9 Å². The summed E-state index contributed by atoms with van der Waals surface area (Å²) in [5, 5.41) is -0.194. The molecule has 1 aromatic heterocycles. The summed E-state index contributed by atoms with van der Waals surface area (Å²) in [5.74, 6) is 0. The van der Waals surface area contributed by atoms with Crippen LogP contribution in [0.25, 0.3) is 10.9 Å². The number of aromatic nitrogens is 1. The van der Waals surface area contributed by atoms with Crippen molar-refractivity contribution in [2.45, 2.75) is 71.2 Å². The SMILES string of the molecule is CC(C)(C)Cn1cc([C@H](N[S+]([O-])C(C)(C)C)C(F)(F)F)c2cc(C(F)(F)F)c(Br)cc21. The van der Waals surface area contributed by atoms with Gasteiger partial charge >= 0.3 is 12.4 Å². The zero-order valence-electron chi connectivity index (χ0n) is 17.9. The van der Waals surface area contributed by atoms with Crippen molar-refractivity contribution in [1.29, 1.82) is 0 Å². The summed E-state index contributed by atoms with van der Waals surface area (Å²) in [7, 11) is 0. The van der Waals surface area contributed by atoms with Gasteiger partial charge in [-0.05, 0) is 38.3 Å². The largest absolute Gasteiger partial charge is 0.598 e. The van der Waals surface area contributed by atoms with Crippen molar-refractivity contribution in [3.8, 4) is 0 Å². The van der Waals surface area contributed by atoms with E-state index in [2.05, 4.69) is 20.7 Å². The molecule has 11 heteroatoms. The first-order valence-electron chi connectivity index (χ1n) is 9.36. The number of halogens is 7. The minimum Gasteiger partial charge on any atom is -0.598 e. The van der Waals surface area contributed by atoms with Gasteiger partial charge in [0.2, 0.25) is 0 Å². The molecule has 0 radical (unpaired) electrons. The second-order valence-corrected chi connectivity index (χ2v) is 12.4. The van der Waals surface area contributed by atoms with Crippen LogP contribution >= 0.6 is 15.9 Å². The molecule has 0 fully saturated rings. The Hall–Kier alpha value is -0.910. The normalized spacial score (nSPS) is 16.1. The minimum absolute atomic E-state index is 0.194. The van der Waals surface area contributed by atoms with Gasteiger partial charge in [-0.25, -0.2) is 0 Å². The topological polar surface area (TPSA) is 40.0 Å². The number of benzene rings is 1. The number of nitrogens with one attached hydrogen (secondary N) is 1. The lowest BCUT2D eigenvalue weighted by atomic mass is 9.97. The maximum Gasteiger partial charge on any atom is 0.417 e. The Labute approximate surface area is 189 Å². The molecule has 0 saturated heterocycles. The molecule has 0 aliphatic carbocycles. The Morgan fingerprint density at radius 2 is 1.58 bits per heavy atom. The number of hydrogen-bond acceptors (Lipinski definition) is 2. The summed E-state index contributed by atoms with van der Waals surface area (Å²) in [6.45, 7) is 10.4. The van der Waals surface area contributed by atoms with E-state index in [0.717, 1.165) is 0 Å².